The zero-order valence-corrected chi connectivity index (χ0v) is 21.8. The van der Waals surface area contributed by atoms with Crippen molar-refractivity contribution in [1.29, 1.82) is 0 Å². The van der Waals surface area contributed by atoms with Crippen molar-refractivity contribution in [3.05, 3.63) is 106 Å². The maximum atomic E-state index is 2.60. The number of aryl methyl sites for hydroxylation is 6. The molecule has 3 rings (SSSR count). The molecule has 0 atom stereocenters. The van der Waals surface area contributed by atoms with Gasteiger partial charge in [-0.2, -0.15) is 0 Å². The second-order valence-electron chi connectivity index (χ2n) is 9.31. The molecule has 0 heterocycles. The third-order valence-electron chi connectivity index (χ3n) is 6.94. The molecule has 3 aromatic rings. The van der Waals surface area contributed by atoms with Crippen molar-refractivity contribution in [3.63, 3.8) is 0 Å². The van der Waals surface area contributed by atoms with Gasteiger partial charge in [0, 0.05) is 16.6 Å². The molecule has 0 aromatic heterocycles. The van der Waals surface area contributed by atoms with Crippen molar-refractivity contribution < 1.29 is 0 Å². The van der Waals surface area contributed by atoms with E-state index in [9.17, 15) is 0 Å². The molecule has 0 N–H and O–H groups in total. The predicted molar refractivity (Wildman–Crippen MR) is 139 cm³/mol. The highest BCUT2D eigenvalue weighted by molar-refractivity contribution is 7.24. The molecule has 0 unspecified atom stereocenters. The Labute approximate surface area is 187 Å². The number of benzene rings is 3. The van der Waals surface area contributed by atoms with Gasteiger partial charge in [-0.1, -0.05) is 114 Å². The van der Waals surface area contributed by atoms with E-state index < -0.39 is 7.59 Å². The smallest absolute Gasteiger partial charge is 0.0408 e. The van der Waals surface area contributed by atoms with E-state index in [1.165, 1.54) is 70.8 Å². The lowest BCUT2D eigenvalue weighted by Crippen LogP contribution is -2.42. The molecular weight excluding hydrogens is 392 g/mol. The highest BCUT2D eigenvalue weighted by Gasteiger charge is 2.30. The second-order valence-corrected chi connectivity index (χ2v) is 21.1. The van der Waals surface area contributed by atoms with E-state index in [1.54, 1.807) is 0 Å². The van der Waals surface area contributed by atoms with Gasteiger partial charge in [0.1, 0.15) is 0 Å². The van der Waals surface area contributed by atoms with Crippen LogP contribution in [0.4, 0.5) is 0 Å². The van der Waals surface area contributed by atoms with E-state index in [1.807, 2.05) is 0 Å². The summed E-state index contributed by atoms with van der Waals surface area (Å²) in [5.74, 6) is 0. The molecule has 0 amide bonds. The van der Waals surface area contributed by atoms with Crippen LogP contribution in [0, 0.1) is 20.8 Å². The highest BCUT2D eigenvalue weighted by Crippen LogP contribution is 2.27. The third kappa shape index (κ3) is 6.82. The fourth-order valence-corrected chi connectivity index (χ4v) is 13.4. The Morgan fingerprint density at radius 2 is 0.767 bits per heavy atom. The maximum Gasteiger partial charge on any atom is 0.0408 e. The molecule has 30 heavy (non-hydrogen) atoms. The number of hydrogen-bond donors (Lipinski definition) is 0. The molecule has 0 aliphatic heterocycles. The molecule has 0 nitrogen and oxygen atoms in total. The van der Waals surface area contributed by atoms with Gasteiger partial charge in [-0.15, -0.1) is 0 Å². The summed E-state index contributed by atoms with van der Waals surface area (Å²) in [4.78, 5) is 0. The van der Waals surface area contributed by atoms with Crippen LogP contribution in [0.2, 0.25) is 24.7 Å². The molecule has 0 saturated heterocycles. The van der Waals surface area contributed by atoms with Gasteiger partial charge in [0.15, 0.2) is 0 Å². The molecule has 2 heteroatoms. The van der Waals surface area contributed by atoms with Crippen LogP contribution in [-0.4, -0.2) is 16.6 Å². The number of rotatable bonds is 10. The summed E-state index contributed by atoms with van der Waals surface area (Å²) in [6.45, 7) is 9.16. The van der Waals surface area contributed by atoms with Crippen LogP contribution < -0.4 is 0 Å². The Morgan fingerprint density at radius 3 is 1.00 bits per heavy atom. The van der Waals surface area contributed by atoms with E-state index in [2.05, 4.69) is 100 Å². The van der Waals surface area contributed by atoms with Crippen LogP contribution in [0.25, 0.3) is 0 Å². The molecule has 0 saturated carbocycles. The van der Waals surface area contributed by atoms with Gasteiger partial charge in [-0.05, 0) is 56.7 Å². The summed E-state index contributed by atoms with van der Waals surface area (Å²) in [5.41, 5.74) is 8.70. The minimum atomic E-state index is -1.22. The van der Waals surface area contributed by atoms with E-state index in [-0.39, 0.29) is 9.04 Å². The number of hydrogen-bond acceptors (Lipinski definition) is 0. The van der Waals surface area contributed by atoms with E-state index in [0.717, 1.165) is 0 Å². The first-order valence-electron chi connectivity index (χ1n) is 11.6. The van der Waals surface area contributed by atoms with Crippen LogP contribution >= 0.6 is 0 Å². The van der Waals surface area contributed by atoms with Crippen molar-refractivity contribution in [1.82, 2.24) is 0 Å². The zero-order chi connectivity index (χ0) is 21.4. The summed E-state index contributed by atoms with van der Waals surface area (Å²) in [6, 6.07) is 32.2. The van der Waals surface area contributed by atoms with Crippen LogP contribution in [0.15, 0.2) is 72.8 Å². The summed E-state index contributed by atoms with van der Waals surface area (Å²) < 4.78 is 0. The first kappa shape index (κ1) is 22.8. The predicted octanol–water partition coefficient (Wildman–Crippen LogP) is 6.80. The zero-order valence-electron chi connectivity index (χ0n) is 19.4. The normalized spacial score (nSPS) is 12.0. The van der Waals surface area contributed by atoms with Crippen LogP contribution in [0.3, 0.4) is 0 Å². The SMILES string of the molecule is C[SiH2][Si](CCc1ccc(C)cc1)(CCc1ccc(C)cc1)CCc1ccc(C)cc1. The second kappa shape index (κ2) is 10.9. The topological polar surface area (TPSA) is 0 Å². The van der Waals surface area contributed by atoms with Crippen LogP contribution in [-0.2, 0) is 19.3 Å². The van der Waals surface area contributed by atoms with Gasteiger partial charge < -0.3 is 0 Å². The lowest BCUT2D eigenvalue weighted by Gasteiger charge is -2.31. The van der Waals surface area contributed by atoms with Crippen LogP contribution in [0.5, 0.6) is 0 Å². The average molecular weight is 431 g/mol. The Bertz CT molecular complexity index is 772. The fraction of sp³-hybridized carbons (Fsp3) is 0.357. The maximum absolute atomic E-state index is 2.60. The van der Waals surface area contributed by atoms with Crippen molar-refractivity contribution in [2.45, 2.75) is 64.7 Å². The fourth-order valence-electron chi connectivity index (χ4n) is 4.40. The Kier molecular flexibility index (Phi) is 8.29. The lowest BCUT2D eigenvalue weighted by molar-refractivity contribution is 0.988. The average Bonchev–Trinajstić information content (AvgIpc) is 2.77. The molecule has 0 aliphatic rings. The van der Waals surface area contributed by atoms with Crippen LogP contribution in [0.1, 0.15) is 33.4 Å². The van der Waals surface area contributed by atoms with Gasteiger partial charge in [0.2, 0.25) is 0 Å². The van der Waals surface area contributed by atoms with E-state index >= 15 is 0 Å². The Hall–Kier alpha value is -1.91. The van der Waals surface area contributed by atoms with Gasteiger partial charge in [-0.25, -0.2) is 0 Å². The lowest BCUT2D eigenvalue weighted by atomic mass is 10.1. The van der Waals surface area contributed by atoms with Crippen molar-refractivity contribution in [2.24, 2.45) is 0 Å². The van der Waals surface area contributed by atoms with Crippen molar-refractivity contribution >= 4 is 16.6 Å². The minimum absolute atomic E-state index is 0.0111. The quantitative estimate of drug-likeness (QED) is 0.310. The first-order chi connectivity index (χ1) is 14.5. The summed E-state index contributed by atoms with van der Waals surface area (Å²) in [7, 11) is -1.23. The molecule has 0 fully saturated rings. The molecule has 3 aromatic carbocycles. The van der Waals surface area contributed by atoms with Gasteiger partial charge >= 0.3 is 0 Å². The Morgan fingerprint density at radius 1 is 0.500 bits per heavy atom. The van der Waals surface area contributed by atoms with Crippen molar-refractivity contribution in [3.8, 4) is 0 Å². The molecule has 0 bridgehead atoms. The standard InChI is InChI=1S/C28H38Si2/c1-23-5-11-26(12-6-23)17-20-30(29-4,21-18-27-13-7-24(2)8-14-27)22-19-28-15-9-25(3)10-16-28/h5-16H,17-22,29H2,1-4H3. The summed E-state index contributed by atoms with van der Waals surface area (Å²) in [6.07, 6.45) is 3.82. The third-order valence-corrected chi connectivity index (χ3v) is 20.1. The van der Waals surface area contributed by atoms with Gasteiger partial charge in [0.05, 0.1) is 0 Å². The van der Waals surface area contributed by atoms with Gasteiger partial charge in [-0.3, -0.25) is 0 Å². The summed E-state index contributed by atoms with van der Waals surface area (Å²) in [5, 5.41) is 0. The Balaban J connectivity index is 1.72. The highest BCUT2D eigenvalue weighted by atomic mass is 29.2. The molecule has 0 radical (unpaired) electrons. The molecule has 158 valence electrons. The minimum Gasteiger partial charge on any atom is -0.0766 e. The molecule has 0 aliphatic carbocycles. The van der Waals surface area contributed by atoms with Gasteiger partial charge in [0.25, 0.3) is 0 Å². The largest absolute Gasteiger partial charge is 0.0766 e. The molecular formula is C28H38Si2. The van der Waals surface area contributed by atoms with E-state index in [4.69, 9.17) is 0 Å². The first-order valence-corrected chi connectivity index (χ1v) is 18.0. The molecule has 0 spiro atoms. The monoisotopic (exact) mass is 430 g/mol. The van der Waals surface area contributed by atoms with E-state index in [0.29, 0.717) is 0 Å². The summed E-state index contributed by atoms with van der Waals surface area (Å²) >= 11 is 0. The van der Waals surface area contributed by atoms with Crippen molar-refractivity contribution in [2.75, 3.05) is 0 Å².